The Morgan fingerprint density at radius 3 is 3.00 bits per heavy atom. The van der Waals surface area contributed by atoms with E-state index < -0.39 is 0 Å². The first-order valence-electron chi connectivity index (χ1n) is 6.78. The van der Waals surface area contributed by atoms with E-state index in [0.717, 1.165) is 30.5 Å². The molecule has 0 saturated carbocycles. The SMILES string of the molecule is COC[C@@H]1CCN(C(=O)c2cnc3ccccc3n2)C1. The smallest absolute Gasteiger partial charge is 0.274 e. The minimum absolute atomic E-state index is 0.0399. The number of para-hydroxylation sites is 2. The molecule has 2 aromatic rings. The lowest BCUT2D eigenvalue weighted by atomic mass is 10.1. The highest BCUT2D eigenvalue weighted by molar-refractivity contribution is 5.93. The molecule has 2 heterocycles. The number of nitrogens with zero attached hydrogens (tertiary/aromatic N) is 3. The Morgan fingerprint density at radius 1 is 1.40 bits per heavy atom. The molecule has 1 atom stereocenters. The average molecular weight is 271 g/mol. The summed E-state index contributed by atoms with van der Waals surface area (Å²) in [5.41, 5.74) is 1.98. The Morgan fingerprint density at radius 2 is 2.20 bits per heavy atom. The van der Waals surface area contributed by atoms with Gasteiger partial charge in [0.15, 0.2) is 0 Å². The fourth-order valence-electron chi connectivity index (χ4n) is 2.61. The van der Waals surface area contributed by atoms with Gasteiger partial charge in [-0.05, 0) is 18.6 Å². The Labute approximate surface area is 117 Å². The third-order valence-corrected chi connectivity index (χ3v) is 3.64. The fraction of sp³-hybridized carbons (Fsp3) is 0.400. The molecule has 0 unspecified atom stereocenters. The largest absolute Gasteiger partial charge is 0.384 e. The predicted octanol–water partition coefficient (Wildman–Crippen LogP) is 1.74. The average Bonchev–Trinajstić information content (AvgIpc) is 2.95. The third kappa shape index (κ3) is 2.49. The van der Waals surface area contributed by atoms with Crippen LogP contribution in [0.25, 0.3) is 11.0 Å². The van der Waals surface area contributed by atoms with Crippen molar-refractivity contribution >= 4 is 16.9 Å². The number of carbonyl (C=O) groups is 1. The van der Waals surface area contributed by atoms with E-state index in [1.807, 2.05) is 29.2 Å². The van der Waals surface area contributed by atoms with Gasteiger partial charge in [0.05, 0.1) is 23.8 Å². The topological polar surface area (TPSA) is 55.3 Å². The number of benzene rings is 1. The lowest BCUT2D eigenvalue weighted by molar-refractivity contribution is 0.0769. The van der Waals surface area contributed by atoms with E-state index in [1.54, 1.807) is 13.3 Å². The number of fused-ring (bicyclic) bond motifs is 1. The first-order valence-corrected chi connectivity index (χ1v) is 6.78. The summed E-state index contributed by atoms with van der Waals surface area (Å²) < 4.78 is 5.15. The van der Waals surface area contributed by atoms with Crippen molar-refractivity contribution < 1.29 is 9.53 Å². The Balaban J connectivity index is 1.79. The molecular weight excluding hydrogens is 254 g/mol. The molecule has 1 saturated heterocycles. The minimum atomic E-state index is -0.0399. The number of ether oxygens (including phenoxy) is 1. The normalized spacial score (nSPS) is 18.6. The summed E-state index contributed by atoms with van der Waals surface area (Å²) in [6.45, 7) is 2.20. The van der Waals surface area contributed by atoms with Crippen LogP contribution in [0.15, 0.2) is 30.5 Å². The van der Waals surface area contributed by atoms with E-state index in [4.69, 9.17) is 4.74 Å². The summed E-state index contributed by atoms with van der Waals surface area (Å²) in [6, 6.07) is 7.57. The van der Waals surface area contributed by atoms with Gasteiger partial charge in [0.2, 0.25) is 0 Å². The van der Waals surface area contributed by atoms with Gasteiger partial charge in [-0.15, -0.1) is 0 Å². The number of rotatable bonds is 3. The van der Waals surface area contributed by atoms with E-state index in [2.05, 4.69) is 9.97 Å². The molecule has 0 N–H and O–H groups in total. The van der Waals surface area contributed by atoms with Crippen LogP contribution in [-0.2, 0) is 4.74 Å². The van der Waals surface area contributed by atoms with Crippen LogP contribution in [0, 0.1) is 5.92 Å². The predicted molar refractivity (Wildman–Crippen MR) is 75.4 cm³/mol. The van der Waals surface area contributed by atoms with Crippen molar-refractivity contribution in [2.24, 2.45) is 5.92 Å². The maximum atomic E-state index is 12.4. The highest BCUT2D eigenvalue weighted by atomic mass is 16.5. The number of aromatic nitrogens is 2. The van der Waals surface area contributed by atoms with Gasteiger partial charge in [0.25, 0.3) is 5.91 Å². The molecule has 5 nitrogen and oxygen atoms in total. The van der Waals surface area contributed by atoms with Gasteiger partial charge in [-0.3, -0.25) is 9.78 Å². The van der Waals surface area contributed by atoms with Crippen LogP contribution in [0.3, 0.4) is 0 Å². The second-order valence-electron chi connectivity index (χ2n) is 5.11. The van der Waals surface area contributed by atoms with Crippen molar-refractivity contribution in [3.05, 3.63) is 36.2 Å². The summed E-state index contributed by atoms with van der Waals surface area (Å²) in [6.07, 6.45) is 2.55. The first kappa shape index (κ1) is 13.0. The van der Waals surface area contributed by atoms with E-state index in [9.17, 15) is 4.79 Å². The monoisotopic (exact) mass is 271 g/mol. The Bertz CT molecular complexity index is 629. The summed E-state index contributed by atoms with van der Waals surface area (Å²) in [5.74, 6) is 0.388. The minimum Gasteiger partial charge on any atom is -0.384 e. The molecule has 5 heteroatoms. The Kier molecular flexibility index (Phi) is 3.60. The van der Waals surface area contributed by atoms with Crippen molar-refractivity contribution in [1.29, 1.82) is 0 Å². The molecule has 0 radical (unpaired) electrons. The van der Waals surface area contributed by atoms with Crippen molar-refractivity contribution in [2.75, 3.05) is 26.8 Å². The second-order valence-corrected chi connectivity index (χ2v) is 5.11. The highest BCUT2D eigenvalue weighted by Gasteiger charge is 2.27. The van der Waals surface area contributed by atoms with Crippen molar-refractivity contribution in [3.8, 4) is 0 Å². The second kappa shape index (κ2) is 5.54. The number of methoxy groups -OCH3 is 1. The van der Waals surface area contributed by atoms with Crippen LogP contribution in [0.1, 0.15) is 16.9 Å². The lowest BCUT2D eigenvalue weighted by Gasteiger charge is -2.15. The fourth-order valence-corrected chi connectivity index (χ4v) is 2.61. The zero-order valence-electron chi connectivity index (χ0n) is 11.5. The molecule has 1 amide bonds. The quantitative estimate of drug-likeness (QED) is 0.853. The van der Waals surface area contributed by atoms with Gasteiger partial charge >= 0.3 is 0 Å². The van der Waals surface area contributed by atoms with Crippen LogP contribution in [0.4, 0.5) is 0 Å². The van der Waals surface area contributed by atoms with Crippen molar-refractivity contribution in [3.63, 3.8) is 0 Å². The molecule has 0 bridgehead atoms. The van der Waals surface area contributed by atoms with E-state index in [1.165, 1.54) is 0 Å². The van der Waals surface area contributed by atoms with Gasteiger partial charge in [-0.1, -0.05) is 12.1 Å². The van der Waals surface area contributed by atoms with Crippen LogP contribution in [-0.4, -0.2) is 47.6 Å². The summed E-state index contributed by atoms with van der Waals surface area (Å²) in [5, 5.41) is 0. The Hall–Kier alpha value is -2.01. The number of hydrogen-bond donors (Lipinski definition) is 0. The molecule has 0 aliphatic carbocycles. The van der Waals surface area contributed by atoms with Gasteiger partial charge in [0, 0.05) is 26.1 Å². The molecule has 3 rings (SSSR count). The maximum Gasteiger partial charge on any atom is 0.274 e. The number of amides is 1. The highest BCUT2D eigenvalue weighted by Crippen LogP contribution is 2.19. The number of likely N-dealkylation sites (tertiary alicyclic amines) is 1. The molecule has 1 aromatic heterocycles. The third-order valence-electron chi connectivity index (χ3n) is 3.64. The summed E-state index contributed by atoms with van der Waals surface area (Å²) in [7, 11) is 1.69. The van der Waals surface area contributed by atoms with E-state index in [-0.39, 0.29) is 5.91 Å². The molecule has 104 valence electrons. The zero-order chi connectivity index (χ0) is 13.9. The maximum absolute atomic E-state index is 12.4. The van der Waals surface area contributed by atoms with Crippen molar-refractivity contribution in [2.45, 2.75) is 6.42 Å². The molecule has 1 aromatic carbocycles. The van der Waals surface area contributed by atoms with E-state index >= 15 is 0 Å². The van der Waals surface area contributed by atoms with E-state index in [0.29, 0.717) is 18.2 Å². The summed E-state index contributed by atoms with van der Waals surface area (Å²) >= 11 is 0. The van der Waals surface area contributed by atoms with Crippen molar-refractivity contribution in [1.82, 2.24) is 14.9 Å². The zero-order valence-corrected chi connectivity index (χ0v) is 11.5. The molecule has 1 aliphatic rings. The lowest BCUT2D eigenvalue weighted by Crippen LogP contribution is -2.30. The molecular formula is C15H17N3O2. The molecule has 20 heavy (non-hydrogen) atoms. The standard InChI is InChI=1S/C15H17N3O2/c1-20-10-11-6-7-18(9-11)15(19)14-8-16-12-4-2-3-5-13(12)17-14/h2-5,8,11H,6-7,9-10H2,1H3/t11-/m1/s1. The van der Waals surface area contributed by atoms with Gasteiger partial charge in [-0.2, -0.15) is 0 Å². The first-order chi connectivity index (χ1) is 9.78. The van der Waals surface area contributed by atoms with Gasteiger partial charge in [0.1, 0.15) is 5.69 Å². The van der Waals surface area contributed by atoms with Gasteiger partial charge < -0.3 is 9.64 Å². The molecule has 0 spiro atoms. The number of carbonyl (C=O) groups excluding carboxylic acids is 1. The van der Waals surface area contributed by atoms with Crippen LogP contribution in [0.2, 0.25) is 0 Å². The van der Waals surface area contributed by atoms with Crippen LogP contribution in [0.5, 0.6) is 0 Å². The van der Waals surface area contributed by atoms with Crippen LogP contribution >= 0.6 is 0 Å². The van der Waals surface area contributed by atoms with Gasteiger partial charge in [-0.25, -0.2) is 4.98 Å². The molecule has 1 fully saturated rings. The number of hydrogen-bond acceptors (Lipinski definition) is 4. The summed E-state index contributed by atoms with van der Waals surface area (Å²) in [4.78, 5) is 23.0. The molecule has 1 aliphatic heterocycles. The van der Waals surface area contributed by atoms with Crippen LogP contribution < -0.4 is 0 Å².